The highest BCUT2D eigenvalue weighted by molar-refractivity contribution is 5.69. The molecule has 1 aromatic carbocycles. The lowest BCUT2D eigenvalue weighted by atomic mass is 10.2. The Kier molecular flexibility index (Phi) is 5.71. The van der Waals surface area contributed by atoms with Crippen LogP contribution < -0.4 is 5.32 Å². The summed E-state index contributed by atoms with van der Waals surface area (Å²) >= 11 is 0. The molecule has 0 aliphatic heterocycles. The first-order valence-corrected chi connectivity index (χ1v) is 5.87. The van der Waals surface area contributed by atoms with Crippen molar-refractivity contribution in [3.8, 4) is 0 Å². The highest BCUT2D eigenvalue weighted by Gasteiger charge is 2.08. The molecule has 0 heterocycles. The number of hydrogen-bond acceptors (Lipinski definition) is 3. The van der Waals surface area contributed by atoms with Crippen molar-refractivity contribution in [2.75, 3.05) is 6.54 Å². The van der Waals surface area contributed by atoms with E-state index in [0.29, 0.717) is 18.5 Å². The van der Waals surface area contributed by atoms with E-state index in [-0.39, 0.29) is 18.6 Å². The first-order chi connectivity index (χ1) is 8.52. The van der Waals surface area contributed by atoms with Gasteiger partial charge in [0.05, 0.1) is 0 Å². The Morgan fingerprint density at radius 2 is 2.17 bits per heavy atom. The number of ether oxygens (including phenoxy) is 1. The van der Waals surface area contributed by atoms with Gasteiger partial charge in [-0.05, 0) is 13.0 Å². The van der Waals surface area contributed by atoms with E-state index in [4.69, 9.17) is 4.74 Å². The SMILES string of the molecule is CCC(=O)OC(C)CNCc1ccc(F)cc1F. The van der Waals surface area contributed by atoms with E-state index in [2.05, 4.69) is 5.32 Å². The summed E-state index contributed by atoms with van der Waals surface area (Å²) in [6.07, 6.45) is 0.0534. The van der Waals surface area contributed by atoms with Crippen molar-refractivity contribution in [2.45, 2.75) is 32.9 Å². The number of halogens is 2. The zero-order valence-electron chi connectivity index (χ0n) is 10.5. The minimum Gasteiger partial charge on any atom is -0.461 e. The molecule has 0 aliphatic rings. The lowest BCUT2D eigenvalue weighted by Gasteiger charge is -2.13. The van der Waals surface area contributed by atoms with Crippen LogP contribution in [0, 0.1) is 11.6 Å². The highest BCUT2D eigenvalue weighted by Crippen LogP contribution is 2.09. The Labute approximate surface area is 105 Å². The van der Waals surface area contributed by atoms with Gasteiger partial charge in [-0.25, -0.2) is 8.78 Å². The smallest absolute Gasteiger partial charge is 0.305 e. The maximum Gasteiger partial charge on any atom is 0.305 e. The maximum atomic E-state index is 13.3. The fraction of sp³-hybridized carbons (Fsp3) is 0.462. The number of esters is 1. The third kappa shape index (κ3) is 4.79. The van der Waals surface area contributed by atoms with Crippen LogP contribution in [0.1, 0.15) is 25.8 Å². The van der Waals surface area contributed by atoms with Gasteiger partial charge < -0.3 is 10.1 Å². The van der Waals surface area contributed by atoms with Gasteiger partial charge in [0, 0.05) is 31.1 Å². The number of rotatable bonds is 6. The van der Waals surface area contributed by atoms with E-state index in [1.165, 1.54) is 12.1 Å². The average molecular weight is 257 g/mol. The Balaban J connectivity index is 2.35. The molecule has 1 aromatic rings. The summed E-state index contributed by atoms with van der Waals surface area (Å²) in [6.45, 7) is 4.15. The predicted octanol–water partition coefficient (Wildman–Crippen LogP) is 2.40. The molecular formula is C13H17F2NO2. The Hall–Kier alpha value is -1.49. The van der Waals surface area contributed by atoms with Crippen LogP contribution in [-0.4, -0.2) is 18.6 Å². The van der Waals surface area contributed by atoms with Gasteiger partial charge in [0.15, 0.2) is 0 Å². The molecule has 3 nitrogen and oxygen atoms in total. The minimum atomic E-state index is -0.596. The molecular weight excluding hydrogens is 240 g/mol. The van der Waals surface area contributed by atoms with Crippen LogP contribution in [0.25, 0.3) is 0 Å². The van der Waals surface area contributed by atoms with Gasteiger partial charge in [0.2, 0.25) is 0 Å². The Morgan fingerprint density at radius 3 is 2.78 bits per heavy atom. The standard InChI is InChI=1S/C13H17F2NO2/c1-3-13(17)18-9(2)7-16-8-10-4-5-11(14)6-12(10)15/h4-6,9,16H,3,7-8H2,1-2H3. The van der Waals surface area contributed by atoms with Gasteiger partial charge in [-0.1, -0.05) is 13.0 Å². The van der Waals surface area contributed by atoms with Crippen molar-refractivity contribution < 1.29 is 18.3 Å². The lowest BCUT2D eigenvalue weighted by molar-refractivity contribution is -0.147. The zero-order valence-corrected chi connectivity index (χ0v) is 10.5. The summed E-state index contributed by atoms with van der Waals surface area (Å²) < 4.78 is 31.0. The largest absolute Gasteiger partial charge is 0.461 e. The van der Waals surface area contributed by atoms with Gasteiger partial charge in [0.1, 0.15) is 17.7 Å². The number of carbonyl (C=O) groups excluding carboxylic acids is 1. The summed E-state index contributed by atoms with van der Waals surface area (Å²) in [6, 6.07) is 3.44. The minimum absolute atomic E-state index is 0.264. The second kappa shape index (κ2) is 7.06. The molecule has 100 valence electrons. The third-order valence-electron chi connectivity index (χ3n) is 2.38. The highest BCUT2D eigenvalue weighted by atomic mass is 19.1. The quantitative estimate of drug-likeness (QED) is 0.795. The fourth-order valence-electron chi connectivity index (χ4n) is 1.42. The number of carbonyl (C=O) groups is 1. The van der Waals surface area contributed by atoms with Crippen LogP contribution in [0.4, 0.5) is 8.78 Å². The number of nitrogens with one attached hydrogen (secondary N) is 1. The van der Waals surface area contributed by atoms with Crippen LogP contribution in [0.15, 0.2) is 18.2 Å². The van der Waals surface area contributed by atoms with Crippen molar-refractivity contribution >= 4 is 5.97 Å². The van der Waals surface area contributed by atoms with Crippen molar-refractivity contribution in [3.05, 3.63) is 35.4 Å². The molecule has 1 atom stereocenters. The van der Waals surface area contributed by atoms with Crippen LogP contribution in [-0.2, 0) is 16.1 Å². The molecule has 0 saturated heterocycles. The molecule has 0 bridgehead atoms. The van der Waals surface area contributed by atoms with E-state index < -0.39 is 11.6 Å². The first kappa shape index (κ1) is 14.6. The van der Waals surface area contributed by atoms with Crippen molar-refractivity contribution in [2.24, 2.45) is 0 Å². The predicted molar refractivity (Wildman–Crippen MR) is 63.9 cm³/mol. The van der Waals surface area contributed by atoms with Crippen LogP contribution >= 0.6 is 0 Å². The molecule has 1 N–H and O–H groups in total. The van der Waals surface area contributed by atoms with Crippen molar-refractivity contribution in [3.63, 3.8) is 0 Å². The molecule has 0 radical (unpaired) electrons. The molecule has 0 spiro atoms. The lowest BCUT2D eigenvalue weighted by Crippen LogP contribution is -2.28. The summed E-state index contributed by atoms with van der Waals surface area (Å²) in [7, 11) is 0. The second-order valence-corrected chi connectivity index (χ2v) is 4.02. The summed E-state index contributed by atoms with van der Waals surface area (Å²) in [5.41, 5.74) is 0.380. The number of hydrogen-bond donors (Lipinski definition) is 1. The Morgan fingerprint density at radius 1 is 1.44 bits per heavy atom. The fourth-order valence-corrected chi connectivity index (χ4v) is 1.42. The zero-order chi connectivity index (χ0) is 13.5. The second-order valence-electron chi connectivity index (χ2n) is 4.02. The molecule has 0 aliphatic carbocycles. The molecule has 0 aromatic heterocycles. The third-order valence-corrected chi connectivity index (χ3v) is 2.38. The molecule has 0 amide bonds. The van der Waals surface area contributed by atoms with E-state index in [1.54, 1.807) is 13.8 Å². The molecule has 1 unspecified atom stereocenters. The van der Waals surface area contributed by atoms with Gasteiger partial charge in [-0.2, -0.15) is 0 Å². The molecule has 18 heavy (non-hydrogen) atoms. The molecule has 5 heteroatoms. The van der Waals surface area contributed by atoms with Gasteiger partial charge in [-0.3, -0.25) is 4.79 Å². The summed E-state index contributed by atoms with van der Waals surface area (Å²) in [5, 5.41) is 2.95. The van der Waals surface area contributed by atoms with E-state index in [1.807, 2.05) is 0 Å². The van der Waals surface area contributed by atoms with E-state index in [0.717, 1.165) is 6.07 Å². The van der Waals surface area contributed by atoms with Crippen LogP contribution in [0.5, 0.6) is 0 Å². The van der Waals surface area contributed by atoms with E-state index >= 15 is 0 Å². The topological polar surface area (TPSA) is 38.3 Å². The van der Waals surface area contributed by atoms with Crippen molar-refractivity contribution in [1.29, 1.82) is 0 Å². The normalized spacial score (nSPS) is 12.2. The van der Waals surface area contributed by atoms with Gasteiger partial charge >= 0.3 is 5.97 Å². The van der Waals surface area contributed by atoms with E-state index in [9.17, 15) is 13.6 Å². The molecule has 0 saturated carbocycles. The van der Waals surface area contributed by atoms with Crippen LogP contribution in [0.2, 0.25) is 0 Å². The summed E-state index contributed by atoms with van der Waals surface area (Å²) in [4.78, 5) is 11.0. The van der Waals surface area contributed by atoms with Crippen LogP contribution in [0.3, 0.4) is 0 Å². The number of benzene rings is 1. The monoisotopic (exact) mass is 257 g/mol. The summed E-state index contributed by atoms with van der Waals surface area (Å²) in [5.74, 6) is -1.44. The maximum absolute atomic E-state index is 13.3. The van der Waals surface area contributed by atoms with Gasteiger partial charge in [-0.15, -0.1) is 0 Å². The molecule has 1 rings (SSSR count). The first-order valence-electron chi connectivity index (χ1n) is 5.87. The van der Waals surface area contributed by atoms with Crippen molar-refractivity contribution in [1.82, 2.24) is 5.32 Å². The van der Waals surface area contributed by atoms with Gasteiger partial charge in [0.25, 0.3) is 0 Å². The average Bonchev–Trinajstić information content (AvgIpc) is 2.31. The molecule has 0 fully saturated rings. The Bertz CT molecular complexity index is 410.